The summed E-state index contributed by atoms with van der Waals surface area (Å²) in [7, 11) is -3.42. The van der Waals surface area contributed by atoms with Crippen molar-refractivity contribution < 1.29 is 13.5 Å². The molecule has 1 heterocycles. The van der Waals surface area contributed by atoms with Gasteiger partial charge in [0.15, 0.2) is 0 Å². The largest absolute Gasteiger partial charge is 0.395 e. The molecule has 1 aromatic carbocycles. The molecular weight excluding hydrogens is 288 g/mol. The Bertz CT molecular complexity index is 587. The molecule has 0 amide bonds. The number of hydrogen-bond acceptors (Lipinski definition) is 4. The van der Waals surface area contributed by atoms with Gasteiger partial charge in [0.05, 0.1) is 11.5 Å². The molecule has 0 unspecified atom stereocenters. The summed E-state index contributed by atoms with van der Waals surface area (Å²) >= 11 is 0. The minimum Gasteiger partial charge on any atom is -0.395 e. The lowest BCUT2D eigenvalue weighted by molar-refractivity contribution is 0.202. The maximum atomic E-state index is 12.7. The van der Waals surface area contributed by atoms with Crippen LogP contribution in [0.15, 0.2) is 23.1 Å². The molecule has 0 bridgehead atoms. The van der Waals surface area contributed by atoms with E-state index in [-0.39, 0.29) is 6.61 Å². The van der Waals surface area contributed by atoms with E-state index in [4.69, 9.17) is 5.11 Å². The predicted octanol–water partition coefficient (Wildman–Crippen LogP) is 0.992. The van der Waals surface area contributed by atoms with Gasteiger partial charge in [-0.05, 0) is 50.1 Å². The summed E-state index contributed by atoms with van der Waals surface area (Å²) < 4.78 is 27.0. The first-order valence-corrected chi connectivity index (χ1v) is 8.80. The first-order valence-electron chi connectivity index (χ1n) is 7.36. The predicted molar refractivity (Wildman–Crippen MR) is 82.8 cm³/mol. The molecule has 0 saturated carbocycles. The zero-order valence-electron chi connectivity index (χ0n) is 12.7. The number of aryl methyl sites for hydroxylation is 2. The van der Waals surface area contributed by atoms with Crippen LogP contribution in [0.4, 0.5) is 0 Å². The number of rotatable bonds is 4. The van der Waals surface area contributed by atoms with Gasteiger partial charge >= 0.3 is 0 Å². The summed E-state index contributed by atoms with van der Waals surface area (Å²) in [6, 6.07) is 5.30. The molecule has 1 aromatic rings. The van der Waals surface area contributed by atoms with E-state index >= 15 is 0 Å². The molecule has 0 radical (unpaired) electrons. The van der Waals surface area contributed by atoms with Gasteiger partial charge in [0.1, 0.15) is 0 Å². The third-order valence-corrected chi connectivity index (χ3v) is 5.97. The van der Waals surface area contributed by atoms with Crippen molar-refractivity contribution in [3.05, 3.63) is 29.3 Å². The van der Waals surface area contributed by atoms with Crippen molar-refractivity contribution in [2.75, 3.05) is 39.3 Å². The lowest BCUT2D eigenvalue weighted by Gasteiger charge is -2.21. The highest BCUT2D eigenvalue weighted by molar-refractivity contribution is 7.89. The number of benzene rings is 1. The van der Waals surface area contributed by atoms with Crippen LogP contribution in [0.5, 0.6) is 0 Å². The number of β-amino-alcohol motifs (C(OH)–C–C–N with tert-alkyl or cyclic N) is 1. The molecule has 0 atom stereocenters. The fraction of sp³-hybridized carbons (Fsp3) is 0.600. The molecule has 0 spiro atoms. The topological polar surface area (TPSA) is 60.9 Å². The van der Waals surface area contributed by atoms with Gasteiger partial charge in [-0.2, -0.15) is 4.31 Å². The van der Waals surface area contributed by atoms with E-state index in [2.05, 4.69) is 4.90 Å². The Morgan fingerprint density at radius 2 is 1.86 bits per heavy atom. The van der Waals surface area contributed by atoms with Gasteiger partial charge in [0.25, 0.3) is 0 Å². The average Bonchev–Trinajstić information content (AvgIpc) is 2.68. The normalized spacial score (nSPS) is 18.6. The second kappa shape index (κ2) is 6.87. The van der Waals surface area contributed by atoms with Crippen LogP contribution in [0.25, 0.3) is 0 Å². The number of aliphatic hydroxyl groups is 1. The van der Waals surface area contributed by atoms with Crippen LogP contribution in [0.3, 0.4) is 0 Å². The van der Waals surface area contributed by atoms with E-state index in [1.165, 1.54) is 0 Å². The van der Waals surface area contributed by atoms with Crippen LogP contribution in [0, 0.1) is 13.8 Å². The quantitative estimate of drug-likeness (QED) is 0.901. The minimum absolute atomic E-state index is 0.115. The average molecular weight is 312 g/mol. The lowest BCUT2D eigenvalue weighted by Crippen LogP contribution is -2.35. The molecule has 0 aromatic heterocycles. The van der Waals surface area contributed by atoms with Crippen LogP contribution >= 0.6 is 0 Å². The van der Waals surface area contributed by atoms with E-state index in [1.807, 2.05) is 19.9 Å². The summed E-state index contributed by atoms with van der Waals surface area (Å²) in [5.74, 6) is 0. The van der Waals surface area contributed by atoms with Crippen molar-refractivity contribution in [2.45, 2.75) is 25.2 Å². The fourth-order valence-electron chi connectivity index (χ4n) is 2.58. The Morgan fingerprint density at radius 1 is 1.10 bits per heavy atom. The maximum absolute atomic E-state index is 12.7. The zero-order chi connectivity index (χ0) is 15.5. The Hall–Kier alpha value is -0.950. The summed E-state index contributed by atoms with van der Waals surface area (Å²) in [5.41, 5.74) is 2.09. The SMILES string of the molecule is Cc1ccc(S(=O)(=O)N2CCCN(CCO)CC2)cc1C. The smallest absolute Gasteiger partial charge is 0.243 e. The fourth-order valence-corrected chi connectivity index (χ4v) is 4.13. The molecule has 1 N–H and O–H groups in total. The standard InChI is InChI=1S/C15H24N2O3S/c1-13-4-5-15(12-14(13)2)21(19,20)17-7-3-6-16(8-9-17)10-11-18/h4-5,12,18H,3,6-11H2,1-2H3. The molecule has 21 heavy (non-hydrogen) atoms. The third-order valence-electron chi connectivity index (χ3n) is 4.08. The summed E-state index contributed by atoms with van der Waals surface area (Å²) in [4.78, 5) is 2.48. The second-order valence-corrected chi connectivity index (χ2v) is 7.51. The minimum atomic E-state index is -3.42. The van der Waals surface area contributed by atoms with Crippen molar-refractivity contribution in [1.82, 2.24) is 9.21 Å². The van der Waals surface area contributed by atoms with Crippen LogP contribution in [-0.4, -0.2) is 62.1 Å². The highest BCUT2D eigenvalue weighted by Gasteiger charge is 2.26. The van der Waals surface area contributed by atoms with Gasteiger partial charge in [0.2, 0.25) is 10.0 Å². The van der Waals surface area contributed by atoms with Gasteiger partial charge in [-0.15, -0.1) is 0 Å². The number of hydrogen-bond donors (Lipinski definition) is 1. The van der Waals surface area contributed by atoms with Gasteiger partial charge in [-0.25, -0.2) is 8.42 Å². The molecule has 118 valence electrons. The van der Waals surface area contributed by atoms with Crippen molar-refractivity contribution in [3.8, 4) is 0 Å². The maximum Gasteiger partial charge on any atom is 0.243 e. The second-order valence-electron chi connectivity index (χ2n) is 5.57. The molecule has 5 nitrogen and oxygen atoms in total. The Kier molecular flexibility index (Phi) is 5.37. The third kappa shape index (κ3) is 3.83. The zero-order valence-corrected chi connectivity index (χ0v) is 13.6. The first-order chi connectivity index (χ1) is 9.95. The molecule has 1 aliphatic rings. The highest BCUT2D eigenvalue weighted by atomic mass is 32.2. The lowest BCUT2D eigenvalue weighted by atomic mass is 10.1. The monoisotopic (exact) mass is 312 g/mol. The van der Waals surface area contributed by atoms with Gasteiger partial charge in [0, 0.05) is 26.2 Å². The van der Waals surface area contributed by atoms with Gasteiger partial charge in [-0.3, -0.25) is 4.90 Å². The van der Waals surface area contributed by atoms with Gasteiger partial charge in [-0.1, -0.05) is 6.07 Å². The van der Waals surface area contributed by atoms with E-state index < -0.39 is 10.0 Å². The molecule has 1 saturated heterocycles. The van der Waals surface area contributed by atoms with Crippen LogP contribution in [-0.2, 0) is 10.0 Å². The molecular formula is C15H24N2O3S. The first kappa shape index (κ1) is 16.4. The van der Waals surface area contributed by atoms with E-state index in [0.717, 1.165) is 24.1 Å². The number of nitrogens with zero attached hydrogens (tertiary/aromatic N) is 2. The van der Waals surface area contributed by atoms with Gasteiger partial charge < -0.3 is 5.11 Å². The molecule has 0 aliphatic carbocycles. The van der Waals surface area contributed by atoms with E-state index in [1.54, 1.807) is 16.4 Å². The van der Waals surface area contributed by atoms with E-state index in [0.29, 0.717) is 31.1 Å². The summed E-state index contributed by atoms with van der Waals surface area (Å²) in [6.07, 6.45) is 0.796. The van der Waals surface area contributed by atoms with Crippen molar-refractivity contribution >= 4 is 10.0 Å². The van der Waals surface area contributed by atoms with Crippen LogP contribution in [0.1, 0.15) is 17.5 Å². The Morgan fingerprint density at radius 3 is 2.52 bits per heavy atom. The van der Waals surface area contributed by atoms with Crippen LogP contribution in [0.2, 0.25) is 0 Å². The Balaban J connectivity index is 2.17. The highest BCUT2D eigenvalue weighted by Crippen LogP contribution is 2.20. The number of sulfonamides is 1. The van der Waals surface area contributed by atoms with Crippen molar-refractivity contribution in [1.29, 1.82) is 0 Å². The van der Waals surface area contributed by atoms with Crippen molar-refractivity contribution in [3.63, 3.8) is 0 Å². The van der Waals surface area contributed by atoms with E-state index in [9.17, 15) is 8.42 Å². The van der Waals surface area contributed by atoms with Crippen molar-refractivity contribution in [2.24, 2.45) is 0 Å². The van der Waals surface area contributed by atoms with Crippen LogP contribution < -0.4 is 0 Å². The Labute approximate surface area is 127 Å². The molecule has 6 heteroatoms. The number of aliphatic hydroxyl groups excluding tert-OH is 1. The summed E-state index contributed by atoms with van der Waals surface area (Å²) in [6.45, 7) is 7.15. The summed E-state index contributed by atoms with van der Waals surface area (Å²) in [5, 5.41) is 9.00. The molecule has 2 rings (SSSR count). The molecule has 1 aliphatic heterocycles. The molecule has 1 fully saturated rings.